The highest BCUT2D eigenvalue weighted by Gasteiger charge is 2.47. The number of likely N-dealkylation sites (tertiary alicyclic amines) is 1. The molecule has 2 amide bonds. The molecular weight excluding hydrogens is 348 g/mol. The van der Waals surface area contributed by atoms with E-state index in [4.69, 9.17) is 9.26 Å². The van der Waals surface area contributed by atoms with Crippen LogP contribution >= 0.6 is 0 Å². The van der Waals surface area contributed by atoms with Crippen molar-refractivity contribution in [2.45, 2.75) is 38.7 Å². The van der Waals surface area contributed by atoms with E-state index < -0.39 is 5.60 Å². The highest BCUT2D eigenvalue weighted by Crippen LogP contribution is 2.33. The molecule has 8 heteroatoms. The van der Waals surface area contributed by atoms with Crippen LogP contribution < -0.4 is 0 Å². The van der Waals surface area contributed by atoms with E-state index in [1.54, 1.807) is 15.9 Å². The van der Waals surface area contributed by atoms with Crippen LogP contribution in [-0.2, 0) is 11.2 Å². The lowest BCUT2D eigenvalue weighted by Crippen LogP contribution is -2.48. The van der Waals surface area contributed by atoms with Crippen LogP contribution in [0.5, 0.6) is 0 Å². The first kappa shape index (κ1) is 19.7. The molecule has 0 radical (unpaired) electrons. The third-order valence-corrected chi connectivity index (χ3v) is 5.21. The second-order valence-electron chi connectivity index (χ2n) is 8.35. The Morgan fingerprint density at radius 1 is 1.33 bits per heavy atom. The van der Waals surface area contributed by atoms with Gasteiger partial charge in [0.25, 0.3) is 5.91 Å². The zero-order chi connectivity index (χ0) is 19.6. The minimum Gasteiger partial charge on any atom is -0.441 e. The smallest absolute Gasteiger partial charge is 0.410 e. The molecule has 0 bridgehead atoms. The van der Waals surface area contributed by atoms with E-state index in [0.29, 0.717) is 44.9 Å². The predicted octanol–water partition coefficient (Wildman–Crippen LogP) is 1.86. The number of nitrogens with zero attached hydrogens (tertiary/aromatic N) is 4. The number of aromatic nitrogens is 1. The summed E-state index contributed by atoms with van der Waals surface area (Å²) in [7, 11) is 3.97. The zero-order valence-electron chi connectivity index (χ0n) is 16.7. The van der Waals surface area contributed by atoms with Crippen molar-refractivity contribution in [1.29, 1.82) is 0 Å². The van der Waals surface area contributed by atoms with Crippen LogP contribution in [0.25, 0.3) is 0 Å². The van der Waals surface area contributed by atoms with Gasteiger partial charge >= 0.3 is 6.09 Å². The number of carbonyl (C=O) groups excluding carboxylic acids is 2. The summed E-state index contributed by atoms with van der Waals surface area (Å²) in [5, 5.41) is 4.00. The molecular formula is C19H30N4O4. The Hall–Kier alpha value is -2.09. The molecule has 150 valence electrons. The van der Waals surface area contributed by atoms with Gasteiger partial charge in [-0.1, -0.05) is 19.0 Å². The number of carbonyl (C=O) groups is 2. The molecule has 0 unspecified atom stereocenters. The van der Waals surface area contributed by atoms with Gasteiger partial charge in [-0.2, -0.15) is 0 Å². The second-order valence-corrected chi connectivity index (χ2v) is 8.35. The van der Waals surface area contributed by atoms with Gasteiger partial charge < -0.3 is 24.0 Å². The largest absolute Gasteiger partial charge is 0.441 e. The molecule has 8 nitrogen and oxygen atoms in total. The Labute approximate surface area is 160 Å². The fourth-order valence-electron chi connectivity index (χ4n) is 3.65. The number of likely N-dealkylation sites (N-methyl/N-ethyl adjacent to an activating group) is 1. The lowest BCUT2D eigenvalue weighted by molar-refractivity contribution is 0.00204. The molecule has 3 heterocycles. The van der Waals surface area contributed by atoms with Crippen LogP contribution in [0, 0.1) is 5.92 Å². The molecule has 2 aliphatic heterocycles. The van der Waals surface area contributed by atoms with Crippen LogP contribution in [0.15, 0.2) is 10.6 Å². The minimum absolute atomic E-state index is 0.138. The van der Waals surface area contributed by atoms with Gasteiger partial charge in [0.1, 0.15) is 5.60 Å². The predicted molar refractivity (Wildman–Crippen MR) is 99.5 cm³/mol. The number of hydrogen-bond acceptors (Lipinski definition) is 6. The van der Waals surface area contributed by atoms with Gasteiger partial charge in [-0.05, 0) is 26.4 Å². The van der Waals surface area contributed by atoms with Crippen molar-refractivity contribution in [3.63, 3.8) is 0 Å². The molecule has 3 rings (SSSR count). The number of ether oxygens (including phenoxy) is 1. The van der Waals surface area contributed by atoms with E-state index in [1.807, 2.05) is 19.0 Å². The molecule has 1 spiro atoms. The van der Waals surface area contributed by atoms with Crippen molar-refractivity contribution in [3.05, 3.63) is 17.5 Å². The topological polar surface area (TPSA) is 79.1 Å². The number of piperidine rings is 1. The maximum absolute atomic E-state index is 12.7. The summed E-state index contributed by atoms with van der Waals surface area (Å²) < 4.78 is 11.0. The molecule has 2 saturated heterocycles. The first-order valence-corrected chi connectivity index (χ1v) is 9.65. The molecule has 1 aromatic rings. The molecule has 0 aliphatic carbocycles. The van der Waals surface area contributed by atoms with Crippen LogP contribution in [0.1, 0.15) is 42.9 Å². The normalized spacial score (nSPS) is 19.4. The molecule has 2 fully saturated rings. The van der Waals surface area contributed by atoms with Crippen molar-refractivity contribution in [2.24, 2.45) is 5.92 Å². The molecule has 1 aromatic heterocycles. The summed E-state index contributed by atoms with van der Waals surface area (Å²) >= 11 is 0. The zero-order valence-corrected chi connectivity index (χ0v) is 16.7. The highest BCUT2D eigenvalue weighted by atomic mass is 16.6. The van der Waals surface area contributed by atoms with Gasteiger partial charge in [0.05, 0.1) is 12.2 Å². The summed E-state index contributed by atoms with van der Waals surface area (Å²) in [6.45, 7) is 7.37. The number of rotatable bonds is 6. The average molecular weight is 378 g/mol. The first-order chi connectivity index (χ1) is 12.8. The van der Waals surface area contributed by atoms with Crippen LogP contribution in [0.4, 0.5) is 4.79 Å². The summed E-state index contributed by atoms with van der Waals surface area (Å²) in [6.07, 6.45) is 1.84. The van der Waals surface area contributed by atoms with E-state index in [-0.39, 0.29) is 17.8 Å². The molecule has 2 aliphatic rings. The molecule has 27 heavy (non-hydrogen) atoms. The van der Waals surface area contributed by atoms with Crippen LogP contribution in [0.3, 0.4) is 0 Å². The van der Waals surface area contributed by atoms with Gasteiger partial charge in [0, 0.05) is 45.1 Å². The standard InChI is InChI=1S/C19H30N4O4/c1-14(2)11-15-12-16(27-20-15)17(24)22-7-5-19(6-8-22)13-23(18(25)26-19)10-9-21(3)4/h12,14H,5-11,13H2,1-4H3. The van der Waals surface area contributed by atoms with Crippen molar-refractivity contribution in [2.75, 3.05) is 46.8 Å². The Bertz CT molecular complexity index is 677. The Morgan fingerprint density at radius 3 is 2.67 bits per heavy atom. The van der Waals surface area contributed by atoms with Gasteiger partial charge in [0.15, 0.2) is 0 Å². The van der Waals surface area contributed by atoms with Gasteiger partial charge in [-0.15, -0.1) is 0 Å². The van der Waals surface area contributed by atoms with Crippen molar-refractivity contribution in [1.82, 2.24) is 19.9 Å². The highest BCUT2D eigenvalue weighted by molar-refractivity contribution is 5.91. The average Bonchev–Trinajstić information content (AvgIpc) is 3.17. The van der Waals surface area contributed by atoms with E-state index in [1.165, 1.54) is 0 Å². The maximum Gasteiger partial charge on any atom is 0.410 e. The van der Waals surface area contributed by atoms with Crippen LogP contribution in [-0.4, -0.2) is 84.3 Å². The van der Waals surface area contributed by atoms with Crippen molar-refractivity contribution in [3.8, 4) is 0 Å². The minimum atomic E-state index is -0.468. The van der Waals surface area contributed by atoms with Gasteiger partial charge in [-0.25, -0.2) is 4.79 Å². The van der Waals surface area contributed by atoms with E-state index in [2.05, 4.69) is 19.0 Å². The summed E-state index contributed by atoms with van der Waals surface area (Å²) in [5.41, 5.74) is 0.341. The lowest BCUT2D eigenvalue weighted by atomic mass is 9.91. The Morgan fingerprint density at radius 2 is 2.04 bits per heavy atom. The molecule has 0 aromatic carbocycles. The number of hydrogen-bond donors (Lipinski definition) is 0. The monoisotopic (exact) mass is 378 g/mol. The van der Waals surface area contributed by atoms with Crippen LogP contribution in [0.2, 0.25) is 0 Å². The maximum atomic E-state index is 12.7. The van der Waals surface area contributed by atoms with E-state index in [9.17, 15) is 9.59 Å². The Kier molecular flexibility index (Phi) is 5.74. The Balaban J connectivity index is 1.55. The number of amides is 2. The van der Waals surface area contributed by atoms with E-state index in [0.717, 1.165) is 18.7 Å². The fraction of sp³-hybridized carbons (Fsp3) is 0.737. The molecule has 0 atom stereocenters. The van der Waals surface area contributed by atoms with E-state index >= 15 is 0 Å². The summed E-state index contributed by atoms with van der Waals surface area (Å²) in [4.78, 5) is 30.4. The fourth-order valence-corrected chi connectivity index (χ4v) is 3.65. The summed E-state index contributed by atoms with van der Waals surface area (Å²) in [5.74, 6) is 0.610. The summed E-state index contributed by atoms with van der Waals surface area (Å²) in [6, 6.07) is 1.74. The van der Waals surface area contributed by atoms with Gasteiger partial charge in [-0.3, -0.25) is 4.79 Å². The van der Waals surface area contributed by atoms with Crippen molar-refractivity contribution >= 4 is 12.0 Å². The second kappa shape index (κ2) is 7.88. The lowest BCUT2D eigenvalue weighted by Gasteiger charge is -2.37. The quantitative estimate of drug-likeness (QED) is 0.752. The third-order valence-electron chi connectivity index (χ3n) is 5.21. The van der Waals surface area contributed by atoms with Gasteiger partial charge in [0.2, 0.25) is 5.76 Å². The molecule has 0 saturated carbocycles. The third kappa shape index (κ3) is 4.61. The molecule has 0 N–H and O–H groups in total. The first-order valence-electron chi connectivity index (χ1n) is 9.65. The van der Waals surface area contributed by atoms with Crippen molar-refractivity contribution < 1.29 is 18.8 Å². The SMILES string of the molecule is CC(C)Cc1cc(C(=O)N2CCC3(CC2)CN(CCN(C)C)C(=O)O3)on1.